The van der Waals surface area contributed by atoms with Gasteiger partial charge in [0.1, 0.15) is 15.4 Å². The van der Waals surface area contributed by atoms with Gasteiger partial charge in [-0.3, -0.25) is 4.57 Å². The van der Waals surface area contributed by atoms with Gasteiger partial charge in [0.25, 0.3) is 0 Å². The zero-order chi connectivity index (χ0) is 14.2. The molecule has 2 rings (SSSR count). The molecule has 7 nitrogen and oxygen atoms in total. The summed E-state index contributed by atoms with van der Waals surface area (Å²) in [5.41, 5.74) is 8.40. The van der Waals surface area contributed by atoms with Crippen LogP contribution in [-0.4, -0.2) is 39.8 Å². The molecule has 0 amide bonds. The number of fused-ring (bicyclic) bond motifs is 1. The Kier molecular flexibility index (Phi) is 3.53. The first-order chi connectivity index (χ1) is 8.83. The molecular weight excluding hydrogens is 266 g/mol. The molecule has 0 saturated carbocycles. The number of hydrogen-bond donors (Lipinski definition) is 1. The van der Waals surface area contributed by atoms with Crippen LogP contribution in [0.3, 0.4) is 0 Å². The third kappa shape index (κ3) is 2.73. The molecule has 0 aliphatic rings. The van der Waals surface area contributed by atoms with Crippen molar-refractivity contribution in [3.8, 4) is 0 Å². The van der Waals surface area contributed by atoms with Gasteiger partial charge in [-0.15, -0.1) is 0 Å². The molecule has 2 aromatic heterocycles. The van der Waals surface area contributed by atoms with Gasteiger partial charge >= 0.3 is 0 Å². The minimum Gasteiger partial charge on any atom is -0.369 e. The van der Waals surface area contributed by atoms with Crippen molar-refractivity contribution in [3.05, 3.63) is 5.69 Å². The highest BCUT2D eigenvalue weighted by Gasteiger charge is 2.16. The van der Waals surface area contributed by atoms with Crippen molar-refractivity contribution in [2.75, 3.05) is 17.7 Å². The van der Waals surface area contributed by atoms with Crippen LogP contribution < -0.4 is 5.73 Å². The molecule has 0 aliphatic heterocycles. The zero-order valence-electron chi connectivity index (χ0n) is 11.4. The standard InChI is InChI=1S/C11H19N5O2S/c1-4-16-10-9(8(2)14-16)13-11(12)15(10)6-5-7-19(3,17)18/h4-7H2,1-3H3,(H2,12,13). The monoisotopic (exact) mass is 285 g/mol. The molecular formula is C11H19N5O2S. The van der Waals surface area contributed by atoms with E-state index in [-0.39, 0.29) is 5.75 Å². The van der Waals surface area contributed by atoms with E-state index in [4.69, 9.17) is 5.73 Å². The van der Waals surface area contributed by atoms with Crippen LogP contribution in [0.1, 0.15) is 19.0 Å². The lowest BCUT2D eigenvalue weighted by Gasteiger charge is -2.07. The van der Waals surface area contributed by atoms with Crippen molar-refractivity contribution < 1.29 is 8.42 Å². The van der Waals surface area contributed by atoms with Crippen LogP contribution in [0.15, 0.2) is 0 Å². The molecule has 2 aromatic rings. The molecule has 0 aromatic carbocycles. The van der Waals surface area contributed by atoms with Crippen molar-refractivity contribution in [3.63, 3.8) is 0 Å². The fourth-order valence-electron chi connectivity index (χ4n) is 2.17. The molecule has 0 atom stereocenters. The fraction of sp³-hybridized carbons (Fsp3) is 0.636. The number of nitrogens with two attached hydrogens (primary N) is 1. The summed E-state index contributed by atoms with van der Waals surface area (Å²) in [6.07, 6.45) is 1.75. The maximum Gasteiger partial charge on any atom is 0.202 e. The van der Waals surface area contributed by atoms with Gasteiger partial charge in [0.2, 0.25) is 5.95 Å². The van der Waals surface area contributed by atoms with E-state index in [0.29, 0.717) is 18.9 Å². The summed E-state index contributed by atoms with van der Waals surface area (Å²) in [5.74, 6) is 0.553. The van der Waals surface area contributed by atoms with E-state index in [2.05, 4.69) is 10.1 Å². The molecule has 0 unspecified atom stereocenters. The second-order valence-corrected chi connectivity index (χ2v) is 6.94. The average Bonchev–Trinajstić information content (AvgIpc) is 2.77. The summed E-state index contributed by atoms with van der Waals surface area (Å²) in [5, 5.41) is 4.39. The second-order valence-electron chi connectivity index (χ2n) is 4.68. The molecule has 0 spiro atoms. The van der Waals surface area contributed by atoms with E-state index in [1.54, 1.807) is 0 Å². The van der Waals surface area contributed by atoms with Crippen molar-refractivity contribution >= 4 is 26.9 Å². The summed E-state index contributed by atoms with van der Waals surface area (Å²) >= 11 is 0. The van der Waals surface area contributed by atoms with Crippen molar-refractivity contribution in [2.24, 2.45) is 0 Å². The van der Waals surface area contributed by atoms with Crippen LogP contribution in [0.25, 0.3) is 11.2 Å². The van der Waals surface area contributed by atoms with Crippen LogP contribution in [0.5, 0.6) is 0 Å². The Morgan fingerprint density at radius 1 is 1.37 bits per heavy atom. The summed E-state index contributed by atoms with van der Waals surface area (Å²) in [7, 11) is -2.95. The number of anilines is 1. The second kappa shape index (κ2) is 4.84. The van der Waals surface area contributed by atoms with Crippen LogP contribution in [-0.2, 0) is 22.9 Å². The number of sulfone groups is 1. The molecule has 19 heavy (non-hydrogen) atoms. The van der Waals surface area contributed by atoms with E-state index in [9.17, 15) is 8.42 Å². The molecule has 2 N–H and O–H groups in total. The third-order valence-corrected chi connectivity index (χ3v) is 4.05. The fourth-order valence-corrected chi connectivity index (χ4v) is 2.82. The number of imidazole rings is 1. The Morgan fingerprint density at radius 3 is 2.63 bits per heavy atom. The van der Waals surface area contributed by atoms with Crippen LogP contribution in [0.2, 0.25) is 0 Å². The maximum atomic E-state index is 11.2. The normalized spacial score (nSPS) is 12.4. The summed E-state index contributed by atoms with van der Waals surface area (Å²) in [6.45, 7) is 5.14. The highest BCUT2D eigenvalue weighted by Crippen LogP contribution is 2.21. The molecule has 0 fully saturated rings. The summed E-state index contributed by atoms with van der Waals surface area (Å²) < 4.78 is 26.0. The first kappa shape index (κ1) is 13.9. The average molecular weight is 285 g/mol. The maximum absolute atomic E-state index is 11.2. The largest absolute Gasteiger partial charge is 0.369 e. The van der Waals surface area contributed by atoms with Crippen molar-refractivity contribution in [1.29, 1.82) is 0 Å². The number of aromatic nitrogens is 4. The number of rotatable bonds is 5. The van der Waals surface area contributed by atoms with E-state index in [1.807, 2.05) is 23.1 Å². The lowest BCUT2D eigenvalue weighted by atomic mass is 10.4. The van der Waals surface area contributed by atoms with Crippen LogP contribution in [0, 0.1) is 6.92 Å². The van der Waals surface area contributed by atoms with Gasteiger partial charge in [-0.05, 0) is 20.3 Å². The van der Waals surface area contributed by atoms with Gasteiger partial charge in [-0.2, -0.15) is 5.10 Å². The summed E-state index contributed by atoms with van der Waals surface area (Å²) in [4.78, 5) is 4.30. The van der Waals surface area contributed by atoms with Gasteiger partial charge in [-0.25, -0.2) is 18.1 Å². The number of nitrogen functional groups attached to an aromatic ring is 1. The number of nitrogens with zero attached hydrogens (tertiary/aromatic N) is 4. The lowest BCUT2D eigenvalue weighted by Crippen LogP contribution is -2.11. The van der Waals surface area contributed by atoms with E-state index < -0.39 is 9.84 Å². The number of aryl methyl sites for hydroxylation is 3. The van der Waals surface area contributed by atoms with E-state index in [0.717, 1.165) is 23.4 Å². The Labute approximate surface area is 112 Å². The van der Waals surface area contributed by atoms with E-state index in [1.165, 1.54) is 6.26 Å². The van der Waals surface area contributed by atoms with Gasteiger partial charge in [0.05, 0.1) is 11.4 Å². The van der Waals surface area contributed by atoms with Crippen molar-refractivity contribution in [2.45, 2.75) is 33.4 Å². The SMILES string of the molecule is CCn1nc(C)c2nc(N)n(CCCS(C)(=O)=O)c21. The Bertz CT molecular complexity index is 698. The van der Waals surface area contributed by atoms with Crippen molar-refractivity contribution in [1.82, 2.24) is 19.3 Å². The minimum absolute atomic E-state index is 0.144. The molecule has 0 bridgehead atoms. The van der Waals surface area contributed by atoms with Crippen LogP contribution >= 0.6 is 0 Å². The third-order valence-electron chi connectivity index (χ3n) is 3.02. The molecule has 0 aliphatic carbocycles. The molecule has 106 valence electrons. The number of hydrogen-bond acceptors (Lipinski definition) is 5. The lowest BCUT2D eigenvalue weighted by molar-refractivity contribution is 0.590. The Hall–Kier alpha value is -1.57. The molecule has 0 radical (unpaired) electrons. The molecule has 2 heterocycles. The van der Waals surface area contributed by atoms with Gasteiger partial charge in [0, 0.05) is 19.3 Å². The zero-order valence-corrected chi connectivity index (χ0v) is 12.2. The quantitative estimate of drug-likeness (QED) is 0.866. The topological polar surface area (TPSA) is 95.8 Å². The Morgan fingerprint density at radius 2 is 2.05 bits per heavy atom. The van der Waals surface area contributed by atoms with Gasteiger partial charge < -0.3 is 5.73 Å². The van der Waals surface area contributed by atoms with E-state index >= 15 is 0 Å². The van der Waals surface area contributed by atoms with Crippen LogP contribution in [0.4, 0.5) is 5.95 Å². The molecule has 0 saturated heterocycles. The highest BCUT2D eigenvalue weighted by atomic mass is 32.2. The smallest absolute Gasteiger partial charge is 0.202 e. The summed E-state index contributed by atoms with van der Waals surface area (Å²) in [6, 6.07) is 0. The first-order valence-electron chi connectivity index (χ1n) is 6.20. The predicted octanol–water partition coefficient (Wildman–Crippen LogP) is 0.578. The molecule has 8 heteroatoms. The van der Waals surface area contributed by atoms with Gasteiger partial charge in [-0.1, -0.05) is 0 Å². The van der Waals surface area contributed by atoms with Gasteiger partial charge in [0.15, 0.2) is 5.65 Å². The predicted molar refractivity (Wildman–Crippen MR) is 74.7 cm³/mol. The minimum atomic E-state index is -2.95. The highest BCUT2D eigenvalue weighted by molar-refractivity contribution is 7.90. The first-order valence-corrected chi connectivity index (χ1v) is 8.26. The Balaban J connectivity index is 2.34.